The van der Waals surface area contributed by atoms with Crippen molar-refractivity contribution < 1.29 is 33.1 Å². The van der Waals surface area contributed by atoms with E-state index in [9.17, 15) is 19.4 Å². The molecule has 8 heteroatoms. The molecule has 0 spiro atoms. The molecule has 0 amide bonds. The van der Waals surface area contributed by atoms with Gasteiger partial charge >= 0.3 is 13.8 Å². The van der Waals surface area contributed by atoms with Crippen LogP contribution in [0.2, 0.25) is 0 Å². The highest BCUT2D eigenvalue weighted by molar-refractivity contribution is 7.47. The highest BCUT2D eigenvalue weighted by Crippen LogP contribution is 2.54. The highest BCUT2D eigenvalue weighted by atomic mass is 31.2. The third-order valence-corrected chi connectivity index (χ3v) is 8.68. The molecule has 7 nitrogen and oxygen atoms in total. The molecule has 3 atom stereocenters. The first-order valence-electron chi connectivity index (χ1n) is 14.3. The first kappa shape index (κ1) is 31.6. The van der Waals surface area contributed by atoms with Gasteiger partial charge in [-0.15, -0.1) is 0 Å². The summed E-state index contributed by atoms with van der Waals surface area (Å²) >= 11 is 0. The lowest BCUT2D eigenvalue weighted by Crippen LogP contribution is -2.49. The Hall–Kier alpha value is -1.92. The molecule has 1 unspecified atom stereocenters. The van der Waals surface area contributed by atoms with Gasteiger partial charge < -0.3 is 14.7 Å². The SMILES string of the molecule is C=C(C)[C@@H]1CCC(C)=C[C@H]1c1c(O)cc(CCCCC)cc1OC(=O)C1(OP(=O)(O)OCC(C)(C)C)CCC1. The maximum atomic E-state index is 13.6. The number of aromatic hydroxyl groups is 1. The van der Waals surface area contributed by atoms with Gasteiger partial charge in [-0.1, -0.05) is 64.3 Å². The van der Waals surface area contributed by atoms with Gasteiger partial charge in [0.05, 0.1) is 6.61 Å². The number of hydrogen-bond donors (Lipinski definition) is 2. The second-order valence-electron chi connectivity index (χ2n) is 12.6. The third kappa shape index (κ3) is 8.29. The van der Waals surface area contributed by atoms with Crippen LogP contribution in [-0.4, -0.2) is 28.2 Å². The van der Waals surface area contributed by atoms with Crippen LogP contribution in [0.5, 0.6) is 11.5 Å². The Balaban J connectivity index is 1.97. The van der Waals surface area contributed by atoms with Crippen molar-refractivity contribution in [2.24, 2.45) is 11.3 Å². The number of esters is 1. The molecule has 0 saturated heterocycles. The fraction of sp³-hybridized carbons (Fsp3) is 0.645. The zero-order chi connectivity index (χ0) is 29.0. The summed E-state index contributed by atoms with van der Waals surface area (Å²) in [5, 5.41) is 11.3. The molecule has 1 aromatic carbocycles. The Morgan fingerprint density at radius 1 is 1.23 bits per heavy atom. The zero-order valence-electron chi connectivity index (χ0n) is 24.5. The number of rotatable bonds is 12. The van der Waals surface area contributed by atoms with Crippen molar-refractivity contribution in [1.82, 2.24) is 0 Å². The van der Waals surface area contributed by atoms with Crippen LogP contribution in [0.1, 0.15) is 110 Å². The summed E-state index contributed by atoms with van der Waals surface area (Å²) in [4.78, 5) is 24.1. The molecule has 39 heavy (non-hydrogen) atoms. The minimum Gasteiger partial charge on any atom is -0.507 e. The molecule has 0 radical (unpaired) electrons. The summed E-state index contributed by atoms with van der Waals surface area (Å²) in [6, 6.07) is 3.60. The number of unbranched alkanes of at least 4 members (excludes halogenated alkanes) is 2. The highest BCUT2D eigenvalue weighted by Gasteiger charge is 2.52. The Kier molecular flexibility index (Phi) is 10.3. The summed E-state index contributed by atoms with van der Waals surface area (Å²) in [6.07, 6.45) is 8.93. The number of phenolic OH excluding ortho intramolecular Hbond substituents is 1. The van der Waals surface area contributed by atoms with Gasteiger partial charge in [-0.05, 0) is 87.8 Å². The summed E-state index contributed by atoms with van der Waals surface area (Å²) in [5.41, 5.74) is 1.70. The number of carbonyl (C=O) groups is 1. The summed E-state index contributed by atoms with van der Waals surface area (Å²) in [5.74, 6) is -0.510. The lowest BCUT2D eigenvalue weighted by atomic mass is 9.73. The summed E-state index contributed by atoms with van der Waals surface area (Å²) in [7, 11) is -4.51. The zero-order valence-corrected chi connectivity index (χ0v) is 25.4. The second kappa shape index (κ2) is 12.7. The number of phosphoric ester groups is 1. The van der Waals surface area contributed by atoms with E-state index in [0.29, 0.717) is 12.0 Å². The number of allylic oxidation sites excluding steroid dienone is 3. The van der Waals surface area contributed by atoms with E-state index in [1.165, 1.54) is 5.57 Å². The minimum atomic E-state index is -4.51. The molecule has 1 fully saturated rings. The van der Waals surface area contributed by atoms with Gasteiger partial charge in [-0.3, -0.25) is 9.05 Å². The molecule has 1 aromatic rings. The van der Waals surface area contributed by atoms with Crippen LogP contribution >= 0.6 is 7.82 Å². The van der Waals surface area contributed by atoms with E-state index >= 15 is 0 Å². The summed E-state index contributed by atoms with van der Waals surface area (Å²) in [6.45, 7) is 16.0. The largest absolute Gasteiger partial charge is 0.507 e. The van der Waals surface area contributed by atoms with Crippen molar-refractivity contribution in [3.05, 3.63) is 47.1 Å². The first-order valence-corrected chi connectivity index (χ1v) is 15.7. The van der Waals surface area contributed by atoms with Gasteiger partial charge in [-0.2, -0.15) is 0 Å². The van der Waals surface area contributed by atoms with Gasteiger partial charge in [0.1, 0.15) is 11.5 Å². The minimum absolute atomic E-state index is 0.000605. The Morgan fingerprint density at radius 2 is 1.92 bits per heavy atom. The van der Waals surface area contributed by atoms with Crippen LogP contribution in [-0.2, 0) is 24.8 Å². The fourth-order valence-electron chi connectivity index (χ4n) is 5.26. The van der Waals surface area contributed by atoms with E-state index in [1.54, 1.807) is 6.07 Å². The van der Waals surface area contributed by atoms with Crippen LogP contribution in [0.25, 0.3) is 0 Å². The van der Waals surface area contributed by atoms with Crippen LogP contribution in [0, 0.1) is 11.3 Å². The molecule has 0 heterocycles. The smallest absolute Gasteiger partial charge is 0.473 e. The average Bonchev–Trinajstić information content (AvgIpc) is 2.79. The van der Waals surface area contributed by atoms with Gasteiger partial charge in [0.25, 0.3) is 0 Å². The maximum Gasteiger partial charge on any atom is 0.473 e. The van der Waals surface area contributed by atoms with E-state index < -0.39 is 19.4 Å². The number of ether oxygens (including phenoxy) is 1. The third-order valence-electron chi connectivity index (χ3n) is 7.65. The predicted molar refractivity (Wildman–Crippen MR) is 154 cm³/mol. The molecule has 0 aliphatic heterocycles. The van der Waals surface area contributed by atoms with E-state index in [4.69, 9.17) is 13.8 Å². The normalized spacial score (nSPS) is 22.4. The lowest BCUT2D eigenvalue weighted by Gasteiger charge is -2.39. The number of hydrogen-bond acceptors (Lipinski definition) is 6. The van der Waals surface area contributed by atoms with Gasteiger partial charge in [0.15, 0.2) is 5.60 Å². The first-order chi connectivity index (χ1) is 18.2. The molecule has 218 valence electrons. The molecule has 0 aromatic heterocycles. The van der Waals surface area contributed by atoms with Crippen molar-refractivity contribution in [2.45, 2.75) is 111 Å². The molecule has 1 saturated carbocycles. The average molecular weight is 563 g/mol. The van der Waals surface area contributed by atoms with Crippen LogP contribution < -0.4 is 4.74 Å². The summed E-state index contributed by atoms with van der Waals surface area (Å²) < 4.78 is 29.5. The standard InChI is InChI=1S/C31H47O7P/c1-8-9-10-12-23-18-26(32)28(25-17-22(4)13-14-24(25)21(2)3)27(19-23)37-29(33)31(15-11-16-31)38-39(34,35)36-20-30(5,6)7/h17-19,24-25,32H,2,8-16,20H2,1,3-7H3,(H,34,35)/t24-,25+/m0/s1. The predicted octanol–water partition coefficient (Wildman–Crippen LogP) is 8.15. The molecule has 0 bridgehead atoms. The van der Waals surface area contributed by atoms with Crippen LogP contribution in [0.3, 0.4) is 0 Å². The Labute approximate surface area is 234 Å². The molecular formula is C31H47O7P. The number of aryl methyl sites for hydroxylation is 1. The van der Waals surface area contributed by atoms with E-state index in [-0.39, 0.29) is 48.2 Å². The van der Waals surface area contributed by atoms with Gasteiger partial charge in [0, 0.05) is 11.5 Å². The van der Waals surface area contributed by atoms with E-state index in [0.717, 1.165) is 49.7 Å². The number of carbonyl (C=O) groups excluding carboxylic acids is 1. The van der Waals surface area contributed by atoms with E-state index in [1.807, 2.05) is 33.8 Å². The van der Waals surface area contributed by atoms with Crippen LogP contribution in [0.15, 0.2) is 35.9 Å². The fourth-order valence-corrected chi connectivity index (χ4v) is 6.56. The molecule has 2 aliphatic carbocycles. The Bertz CT molecular complexity index is 1130. The number of benzene rings is 1. The van der Waals surface area contributed by atoms with Gasteiger partial charge in [-0.25, -0.2) is 9.36 Å². The topological polar surface area (TPSA) is 102 Å². The maximum absolute atomic E-state index is 13.6. The van der Waals surface area contributed by atoms with Crippen molar-refractivity contribution >= 4 is 13.8 Å². The van der Waals surface area contributed by atoms with Gasteiger partial charge in [0.2, 0.25) is 0 Å². The van der Waals surface area contributed by atoms with Crippen molar-refractivity contribution in [3.63, 3.8) is 0 Å². The lowest BCUT2D eigenvalue weighted by molar-refractivity contribution is -0.163. The van der Waals surface area contributed by atoms with Crippen molar-refractivity contribution in [1.29, 1.82) is 0 Å². The molecule has 2 N–H and O–H groups in total. The van der Waals surface area contributed by atoms with E-state index in [2.05, 4.69) is 26.5 Å². The molecular weight excluding hydrogens is 515 g/mol. The molecule has 2 aliphatic rings. The van der Waals surface area contributed by atoms with Crippen molar-refractivity contribution in [3.8, 4) is 11.5 Å². The Morgan fingerprint density at radius 3 is 2.49 bits per heavy atom. The monoisotopic (exact) mass is 562 g/mol. The number of phenols is 1. The quantitative estimate of drug-likeness (QED) is 0.0871. The number of phosphoric acid groups is 1. The molecule has 3 rings (SSSR count). The van der Waals surface area contributed by atoms with Crippen molar-refractivity contribution in [2.75, 3.05) is 6.61 Å². The van der Waals surface area contributed by atoms with Crippen LogP contribution in [0.4, 0.5) is 0 Å². The second-order valence-corrected chi connectivity index (χ2v) is 14.0.